The molecule has 1 saturated heterocycles. The molecule has 0 aromatic carbocycles. The van der Waals surface area contributed by atoms with E-state index in [9.17, 15) is 8.42 Å². The molecule has 7 heteroatoms. The first kappa shape index (κ1) is 15.3. The fourth-order valence-corrected chi connectivity index (χ4v) is 5.58. The molecule has 1 aliphatic carbocycles. The maximum absolute atomic E-state index is 12.9. The molecule has 0 amide bonds. The topological polar surface area (TPSA) is 55.2 Å². The Morgan fingerprint density at radius 2 is 2.00 bits per heavy atom. The Morgan fingerprint density at radius 3 is 2.81 bits per heavy atom. The van der Waals surface area contributed by atoms with Gasteiger partial charge in [-0.15, -0.1) is 11.6 Å². The Labute approximate surface area is 131 Å². The van der Waals surface area contributed by atoms with Crippen LogP contribution in [0.4, 0.5) is 0 Å². The maximum Gasteiger partial charge on any atom is 0.246 e. The van der Waals surface area contributed by atoms with Crippen molar-refractivity contribution in [2.24, 2.45) is 5.92 Å². The SMILES string of the molecule is O=S(=O)(c1cnn(CCCl)c1)N1CCC[C@H]2CCCC[C@H]21. The van der Waals surface area contributed by atoms with Crippen LogP contribution in [0.3, 0.4) is 0 Å². The molecule has 2 fully saturated rings. The standard InChI is InChI=1S/C14H22ClN3O2S/c15-7-9-17-11-13(10-16-17)21(19,20)18-8-3-5-12-4-1-2-6-14(12)18/h10-12,14H,1-9H2/t12-,14-/m1/s1. The smallest absolute Gasteiger partial charge is 0.246 e. The molecule has 0 radical (unpaired) electrons. The third-order valence-electron chi connectivity index (χ3n) is 4.72. The second-order valence-electron chi connectivity index (χ2n) is 6.00. The first-order chi connectivity index (χ1) is 10.1. The van der Waals surface area contributed by atoms with Crippen LogP contribution in [0.5, 0.6) is 0 Å². The molecule has 0 bridgehead atoms. The van der Waals surface area contributed by atoms with Gasteiger partial charge >= 0.3 is 0 Å². The van der Waals surface area contributed by atoms with E-state index in [4.69, 9.17) is 11.6 Å². The van der Waals surface area contributed by atoms with Crippen LogP contribution in [-0.4, -0.2) is 41.0 Å². The molecule has 0 N–H and O–H groups in total. The molecular weight excluding hydrogens is 310 g/mol. The number of alkyl halides is 1. The van der Waals surface area contributed by atoms with Gasteiger partial charge in [0.25, 0.3) is 0 Å². The summed E-state index contributed by atoms with van der Waals surface area (Å²) < 4.78 is 29.1. The van der Waals surface area contributed by atoms with Crippen LogP contribution in [0, 0.1) is 5.92 Å². The highest BCUT2D eigenvalue weighted by molar-refractivity contribution is 7.89. The lowest BCUT2D eigenvalue weighted by atomic mass is 9.79. The van der Waals surface area contributed by atoms with Gasteiger partial charge < -0.3 is 0 Å². The van der Waals surface area contributed by atoms with E-state index in [0.717, 1.165) is 19.3 Å². The number of hydrogen-bond donors (Lipinski definition) is 0. The van der Waals surface area contributed by atoms with Crippen LogP contribution in [-0.2, 0) is 16.6 Å². The molecule has 5 nitrogen and oxygen atoms in total. The largest absolute Gasteiger partial charge is 0.270 e. The molecule has 118 valence electrons. The summed E-state index contributed by atoms with van der Waals surface area (Å²) in [6.45, 7) is 1.17. The van der Waals surface area contributed by atoms with Crippen LogP contribution in [0.15, 0.2) is 17.3 Å². The Balaban J connectivity index is 1.85. The molecule has 2 heterocycles. The molecule has 1 aromatic rings. The molecule has 2 atom stereocenters. The van der Waals surface area contributed by atoms with Crippen molar-refractivity contribution < 1.29 is 8.42 Å². The third kappa shape index (κ3) is 2.98. The molecule has 1 aliphatic heterocycles. The predicted molar refractivity (Wildman–Crippen MR) is 81.8 cm³/mol. The lowest BCUT2D eigenvalue weighted by Gasteiger charge is -2.42. The fraction of sp³-hybridized carbons (Fsp3) is 0.786. The van der Waals surface area contributed by atoms with E-state index >= 15 is 0 Å². The highest BCUT2D eigenvalue weighted by atomic mass is 35.5. The van der Waals surface area contributed by atoms with Crippen molar-refractivity contribution in [3.63, 3.8) is 0 Å². The minimum atomic E-state index is -3.42. The van der Waals surface area contributed by atoms with Gasteiger partial charge in [-0.05, 0) is 31.6 Å². The Morgan fingerprint density at radius 1 is 1.24 bits per heavy atom. The summed E-state index contributed by atoms with van der Waals surface area (Å²) in [5.41, 5.74) is 0. The van der Waals surface area contributed by atoms with Gasteiger partial charge in [0.05, 0.1) is 12.7 Å². The van der Waals surface area contributed by atoms with Crippen LogP contribution in [0.25, 0.3) is 0 Å². The lowest BCUT2D eigenvalue weighted by Crippen LogP contribution is -2.49. The second-order valence-corrected chi connectivity index (χ2v) is 8.27. The van der Waals surface area contributed by atoms with E-state index in [1.165, 1.54) is 25.5 Å². The number of nitrogens with zero attached hydrogens (tertiary/aromatic N) is 3. The molecule has 0 unspecified atom stereocenters. The van der Waals surface area contributed by atoms with Gasteiger partial charge in [-0.1, -0.05) is 12.8 Å². The first-order valence-corrected chi connectivity index (χ1v) is 9.70. The molecule has 21 heavy (non-hydrogen) atoms. The van der Waals surface area contributed by atoms with E-state index in [0.29, 0.717) is 29.8 Å². The predicted octanol–water partition coefficient (Wildman–Crippen LogP) is 2.47. The van der Waals surface area contributed by atoms with Crippen LogP contribution >= 0.6 is 11.6 Å². The van der Waals surface area contributed by atoms with Gasteiger partial charge in [-0.25, -0.2) is 8.42 Å². The van der Waals surface area contributed by atoms with Crippen molar-refractivity contribution in [3.05, 3.63) is 12.4 Å². The molecule has 3 rings (SSSR count). The first-order valence-electron chi connectivity index (χ1n) is 7.73. The van der Waals surface area contributed by atoms with Crippen molar-refractivity contribution in [2.75, 3.05) is 12.4 Å². The number of aromatic nitrogens is 2. The van der Waals surface area contributed by atoms with Crippen molar-refractivity contribution in [1.82, 2.24) is 14.1 Å². The molecule has 1 saturated carbocycles. The number of fused-ring (bicyclic) bond motifs is 1. The summed E-state index contributed by atoms with van der Waals surface area (Å²) in [6.07, 6.45) is 9.74. The minimum absolute atomic E-state index is 0.189. The summed E-state index contributed by atoms with van der Waals surface area (Å²) in [6, 6.07) is 0.189. The molecule has 2 aliphatic rings. The quantitative estimate of drug-likeness (QED) is 0.796. The van der Waals surface area contributed by atoms with Gasteiger partial charge in [0, 0.05) is 24.7 Å². The lowest BCUT2D eigenvalue weighted by molar-refractivity contribution is 0.129. The number of sulfonamides is 1. The van der Waals surface area contributed by atoms with Gasteiger partial charge in [0.15, 0.2) is 0 Å². The van der Waals surface area contributed by atoms with Gasteiger partial charge in [-0.2, -0.15) is 9.40 Å². The van der Waals surface area contributed by atoms with E-state index in [2.05, 4.69) is 5.10 Å². The van der Waals surface area contributed by atoms with E-state index in [1.807, 2.05) is 0 Å². The summed E-state index contributed by atoms with van der Waals surface area (Å²) in [5, 5.41) is 4.10. The monoisotopic (exact) mass is 331 g/mol. The van der Waals surface area contributed by atoms with Crippen LogP contribution in [0.1, 0.15) is 38.5 Å². The number of aryl methyl sites for hydroxylation is 1. The van der Waals surface area contributed by atoms with Crippen LogP contribution < -0.4 is 0 Å². The Kier molecular flexibility index (Phi) is 4.57. The average Bonchev–Trinajstić information content (AvgIpc) is 2.96. The van der Waals surface area contributed by atoms with Crippen molar-refractivity contribution >= 4 is 21.6 Å². The van der Waals surface area contributed by atoms with E-state index in [-0.39, 0.29) is 6.04 Å². The van der Waals surface area contributed by atoms with Gasteiger partial charge in [0.1, 0.15) is 4.90 Å². The van der Waals surface area contributed by atoms with Crippen molar-refractivity contribution in [1.29, 1.82) is 0 Å². The summed E-state index contributed by atoms with van der Waals surface area (Å²) in [4.78, 5) is 0.304. The fourth-order valence-electron chi connectivity index (χ4n) is 3.70. The zero-order valence-electron chi connectivity index (χ0n) is 12.1. The van der Waals surface area contributed by atoms with Gasteiger partial charge in [0.2, 0.25) is 10.0 Å². The zero-order valence-corrected chi connectivity index (χ0v) is 13.7. The highest BCUT2D eigenvalue weighted by Gasteiger charge is 2.40. The summed E-state index contributed by atoms with van der Waals surface area (Å²) >= 11 is 5.68. The Hall–Kier alpha value is -0.590. The minimum Gasteiger partial charge on any atom is -0.270 e. The number of piperidine rings is 1. The second kappa shape index (κ2) is 6.26. The van der Waals surface area contributed by atoms with E-state index in [1.54, 1.807) is 15.2 Å². The number of halogens is 1. The Bertz CT molecular complexity index is 585. The normalized spacial score (nSPS) is 27.5. The molecular formula is C14H22ClN3O2S. The summed E-state index contributed by atoms with van der Waals surface area (Å²) in [7, 11) is -3.42. The molecule has 0 spiro atoms. The average molecular weight is 332 g/mol. The van der Waals surface area contributed by atoms with Crippen molar-refractivity contribution in [3.8, 4) is 0 Å². The molecule has 1 aromatic heterocycles. The third-order valence-corrected chi connectivity index (χ3v) is 6.77. The van der Waals surface area contributed by atoms with Crippen LogP contribution in [0.2, 0.25) is 0 Å². The highest BCUT2D eigenvalue weighted by Crippen LogP contribution is 2.37. The zero-order chi connectivity index (χ0) is 14.9. The summed E-state index contributed by atoms with van der Waals surface area (Å²) in [5.74, 6) is 0.968. The maximum atomic E-state index is 12.9. The van der Waals surface area contributed by atoms with Crippen molar-refractivity contribution in [2.45, 2.75) is 56.0 Å². The number of hydrogen-bond acceptors (Lipinski definition) is 3. The van der Waals surface area contributed by atoms with E-state index < -0.39 is 10.0 Å². The number of rotatable bonds is 4. The van der Waals surface area contributed by atoms with Gasteiger partial charge in [-0.3, -0.25) is 4.68 Å².